The molecular weight excluding hydrogens is 214 g/mol. The van der Waals surface area contributed by atoms with Gasteiger partial charge in [-0.1, -0.05) is 32.3 Å². The minimum atomic E-state index is -0.792. The average Bonchev–Trinajstić information content (AvgIpc) is 2.35. The Labute approximate surface area is 104 Å². The van der Waals surface area contributed by atoms with Gasteiger partial charge >= 0.3 is 5.97 Å². The van der Waals surface area contributed by atoms with Crippen molar-refractivity contribution in [3.8, 4) is 0 Å². The Balaban J connectivity index is 2.31. The van der Waals surface area contributed by atoms with Gasteiger partial charge in [0.2, 0.25) is 0 Å². The van der Waals surface area contributed by atoms with Crippen molar-refractivity contribution >= 4 is 5.97 Å². The summed E-state index contributed by atoms with van der Waals surface area (Å²) < 4.78 is 0. The summed E-state index contributed by atoms with van der Waals surface area (Å²) in [5, 5.41) is 12.3. The van der Waals surface area contributed by atoms with Crippen molar-refractivity contribution in [2.45, 2.75) is 58.4 Å². The lowest BCUT2D eigenvalue weighted by Gasteiger charge is -2.28. The standard InChI is InChI=1S/C14H25NO2/c1-3-12(14(16)17)9-10-15-11(2)13-7-5-4-6-8-13/h9,11,13,15H,3-8,10H2,1-2H3,(H,16,17)/t11-/m1/s1. The predicted octanol–water partition coefficient (Wildman–Crippen LogP) is 2.97. The Hall–Kier alpha value is -0.830. The Bertz CT molecular complexity index is 267. The second kappa shape index (κ2) is 7.49. The third-order valence-electron chi connectivity index (χ3n) is 3.80. The van der Waals surface area contributed by atoms with Crippen molar-refractivity contribution < 1.29 is 9.90 Å². The minimum Gasteiger partial charge on any atom is -0.478 e. The van der Waals surface area contributed by atoms with Gasteiger partial charge in [-0.15, -0.1) is 0 Å². The largest absolute Gasteiger partial charge is 0.478 e. The maximum atomic E-state index is 10.8. The fourth-order valence-electron chi connectivity index (χ4n) is 2.55. The van der Waals surface area contributed by atoms with Crippen molar-refractivity contribution in [1.29, 1.82) is 0 Å². The van der Waals surface area contributed by atoms with Gasteiger partial charge in [0, 0.05) is 18.2 Å². The third-order valence-corrected chi connectivity index (χ3v) is 3.80. The van der Waals surface area contributed by atoms with E-state index in [1.54, 1.807) is 0 Å². The second-order valence-electron chi connectivity index (χ2n) is 4.98. The van der Waals surface area contributed by atoms with Crippen LogP contribution in [0.2, 0.25) is 0 Å². The Morgan fingerprint density at radius 3 is 2.59 bits per heavy atom. The van der Waals surface area contributed by atoms with E-state index >= 15 is 0 Å². The van der Waals surface area contributed by atoms with Crippen molar-refractivity contribution in [3.05, 3.63) is 11.6 Å². The van der Waals surface area contributed by atoms with Crippen LogP contribution in [0.25, 0.3) is 0 Å². The molecule has 3 nitrogen and oxygen atoms in total. The van der Waals surface area contributed by atoms with Crippen LogP contribution in [0.4, 0.5) is 0 Å². The number of hydrogen-bond donors (Lipinski definition) is 2. The molecule has 2 N–H and O–H groups in total. The SMILES string of the molecule is CCC(=CCN[C@H](C)C1CCCCC1)C(=O)O. The number of carbonyl (C=O) groups is 1. The van der Waals surface area contributed by atoms with Crippen LogP contribution in [0.1, 0.15) is 52.4 Å². The van der Waals surface area contributed by atoms with E-state index in [0.717, 1.165) is 5.92 Å². The summed E-state index contributed by atoms with van der Waals surface area (Å²) >= 11 is 0. The quantitative estimate of drug-likeness (QED) is 0.701. The van der Waals surface area contributed by atoms with Gasteiger partial charge in [-0.05, 0) is 32.1 Å². The number of aliphatic carboxylic acids is 1. The van der Waals surface area contributed by atoms with Gasteiger partial charge in [0.15, 0.2) is 0 Å². The number of carboxylic acid groups (broad SMARTS) is 1. The van der Waals surface area contributed by atoms with E-state index in [1.165, 1.54) is 32.1 Å². The molecule has 17 heavy (non-hydrogen) atoms. The topological polar surface area (TPSA) is 49.3 Å². The average molecular weight is 239 g/mol. The molecule has 0 radical (unpaired) electrons. The van der Waals surface area contributed by atoms with Gasteiger partial charge < -0.3 is 10.4 Å². The molecule has 0 aromatic carbocycles. The van der Waals surface area contributed by atoms with Crippen molar-refractivity contribution in [1.82, 2.24) is 5.32 Å². The maximum Gasteiger partial charge on any atom is 0.331 e. The van der Waals surface area contributed by atoms with Gasteiger partial charge in [-0.3, -0.25) is 0 Å². The van der Waals surface area contributed by atoms with E-state index in [4.69, 9.17) is 5.11 Å². The molecule has 0 aromatic rings. The third kappa shape index (κ3) is 4.90. The second-order valence-corrected chi connectivity index (χ2v) is 4.98. The molecule has 0 amide bonds. The van der Waals surface area contributed by atoms with E-state index in [-0.39, 0.29) is 0 Å². The maximum absolute atomic E-state index is 10.8. The molecule has 3 heteroatoms. The number of nitrogens with one attached hydrogen (secondary N) is 1. The van der Waals surface area contributed by atoms with Gasteiger partial charge in [-0.25, -0.2) is 4.79 Å². The van der Waals surface area contributed by atoms with Crippen molar-refractivity contribution in [2.75, 3.05) is 6.54 Å². The summed E-state index contributed by atoms with van der Waals surface area (Å²) in [4.78, 5) is 10.8. The van der Waals surface area contributed by atoms with E-state index in [1.807, 2.05) is 13.0 Å². The molecule has 0 unspecified atom stereocenters. The van der Waals surface area contributed by atoms with Crippen LogP contribution in [0.15, 0.2) is 11.6 Å². The van der Waals surface area contributed by atoms with Gasteiger partial charge in [-0.2, -0.15) is 0 Å². The monoisotopic (exact) mass is 239 g/mol. The molecule has 0 aromatic heterocycles. The number of hydrogen-bond acceptors (Lipinski definition) is 2. The van der Waals surface area contributed by atoms with E-state index < -0.39 is 5.97 Å². The summed E-state index contributed by atoms with van der Waals surface area (Å²) in [5.74, 6) is -0.0216. The lowest BCUT2D eigenvalue weighted by molar-refractivity contribution is -0.132. The zero-order valence-corrected chi connectivity index (χ0v) is 11.0. The van der Waals surface area contributed by atoms with E-state index in [9.17, 15) is 4.79 Å². The van der Waals surface area contributed by atoms with Crippen LogP contribution in [0.3, 0.4) is 0 Å². The first-order valence-corrected chi connectivity index (χ1v) is 6.80. The molecule has 0 aliphatic heterocycles. The lowest BCUT2D eigenvalue weighted by Crippen LogP contribution is -2.34. The van der Waals surface area contributed by atoms with Crippen LogP contribution >= 0.6 is 0 Å². The van der Waals surface area contributed by atoms with Crippen LogP contribution in [0.5, 0.6) is 0 Å². The highest BCUT2D eigenvalue weighted by Crippen LogP contribution is 2.26. The fourth-order valence-corrected chi connectivity index (χ4v) is 2.55. The highest BCUT2D eigenvalue weighted by atomic mass is 16.4. The molecule has 0 spiro atoms. The molecule has 1 saturated carbocycles. The summed E-state index contributed by atoms with van der Waals surface area (Å²) in [6.45, 7) is 4.77. The first-order valence-electron chi connectivity index (χ1n) is 6.80. The van der Waals surface area contributed by atoms with Crippen LogP contribution in [-0.2, 0) is 4.79 Å². The summed E-state index contributed by atoms with van der Waals surface area (Å²) in [6.07, 6.45) is 9.11. The van der Waals surface area contributed by atoms with E-state index in [0.29, 0.717) is 24.6 Å². The molecule has 1 aliphatic carbocycles. The molecular formula is C14H25NO2. The Kier molecular flexibility index (Phi) is 6.27. The van der Waals surface area contributed by atoms with Gasteiger partial charge in [0.1, 0.15) is 0 Å². The molecule has 98 valence electrons. The summed E-state index contributed by atoms with van der Waals surface area (Å²) in [7, 11) is 0. The molecule has 1 rings (SSSR count). The zero-order valence-electron chi connectivity index (χ0n) is 11.0. The van der Waals surface area contributed by atoms with Crippen LogP contribution in [0, 0.1) is 5.92 Å². The zero-order chi connectivity index (χ0) is 12.7. The highest BCUT2D eigenvalue weighted by molar-refractivity contribution is 5.86. The lowest BCUT2D eigenvalue weighted by atomic mass is 9.84. The molecule has 1 fully saturated rings. The van der Waals surface area contributed by atoms with Crippen LogP contribution in [-0.4, -0.2) is 23.7 Å². The smallest absolute Gasteiger partial charge is 0.331 e. The molecule has 0 saturated heterocycles. The number of rotatable bonds is 6. The Morgan fingerprint density at radius 1 is 1.41 bits per heavy atom. The number of carboxylic acids is 1. The van der Waals surface area contributed by atoms with Gasteiger partial charge in [0.05, 0.1) is 0 Å². The minimum absolute atomic E-state index is 0.499. The molecule has 1 atom stereocenters. The van der Waals surface area contributed by atoms with E-state index in [2.05, 4.69) is 12.2 Å². The van der Waals surface area contributed by atoms with Crippen LogP contribution < -0.4 is 5.32 Å². The van der Waals surface area contributed by atoms with Crippen molar-refractivity contribution in [2.24, 2.45) is 5.92 Å². The molecule has 1 aliphatic rings. The molecule has 0 heterocycles. The normalized spacial score (nSPS) is 20.2. The molecule has 0 bridgehead atoms. The highest BCUT2D eigenvalue weighted by Gasteiger charge is 2.19. The van der Waals surface area contributed by atoms with Crippen molar-refractivity contribution in [3.63, 3.8) is 0 Å². The first kappa shape index (κ1) is 14.2. The first-order chi connectivity index (χ1) is 8.15. The predicted molar refractivity (Wildman–Crippen MR) is 70.0 cm³/mol. The summed E-state index contributed by atoms with van der Waals surface area (Å²) in [5.41, 5.74) is 0.508. The fraction of sp³-hybridized carbons (Fsp3) is 0.786. The Morgan fingerprint density at radius 2 is 2.06 bits per heavy atom. The van der Waals surface area contributed by atoms with Gasteiger partial charge in [0.25, 0.3) is 0 Å². The summed E-state index contributed by atoms with van der Waals surface area (Å²) in [6, 6.07) is 0.499.